The van der Waals surface area contributed by atoms with E-state index in [2.05, 4.69) is 15.0 Å². The van der Waals surface area contributed by atoms with E-state index >= 15 is 0 Å². The maximum atomic E-state index is 11.2. The zero-order valence-electron chi connectivity index (χ0n) is 8.81. The molecule has 0 radical (unpaired) electrons. The summed E-state index contributed by atoms with van der Waals surface area (Å²) in [4.78, 5) is 26.6. The predicted molar refractivity (Wildman–Crippen MR) is 57.3 cm³/mol. The van der Waals surface area contributed by atoms with Gasteiger partial charge >= 0.3 is 5.69 Å². The highest BCUT2D eigenvalue weighted by molar-refractivity contribution is 4.81. The molecular formula is C8H11N5O4. The molecule has 1 unspecified atom stereocenters. The van der Waals surface area contributed by atoms with Gasteiger partial charge in [-0.05, 0) is 5.53 Å². The topological polar surface area (TPSA) is 133 Å². The SMILES string of the molecule is [N-]=[N+]=NC(CO)COCn1ccc(=O)[nH]c1=O. The van der Waals surface area contributed by atoms with Crippen molar-refractivity contribution in [3.05, 3.63) is 43.5 Å². The zero-order valence-corrected chi connectivity index (χ0v) is 8.81. The van der Waals surface area contributed by atoms with E-state index in [9.17, 15) is 9.59 Å². The molecule has 0 bridgehead atoms. The highest BCUT2D eigenvalue weighted by Gasteiger charge is 2.04. The van der Waals surface area contributed by atoms with E-state index in [0.29, 0.717) is 0 Å². The first-order valence-corrected chi connectivity index (χ1v) is 4.70. The molecule has 0 amide bonds. The fraction of sp³-hybridized carbons (Fsp3) is 0.500. The fourth-order valence-electron chi connectivity index (χ4n) is 1.03. The second-order valence-corrected chi connectivity index (χ2v) is 3.12. The number of nitrogens with one attached hydrogen (secondary N) is 1. The smallest absolute Gasteiger partial charge is 0.330 e. The number of nitrogens with zero attached hydrogens (tertiary/aromatic N) is 4. The molecule has 1 rings (SSSR count). The van der Waals surface area contributed by atoms with Gasteiger partial charge in [-0.25, -0.2) is 4.79 Å². The Bertz CT molecular complexity index is 515. The number of hydrogen-bond acceptors (Lipinski definition) is 5. The van der Waals surface area contributed by atoms with Crippen molar-refractivity contribution in [2.45, 2.75) is 12.8 Å². The lowest BCUT2D eigenvalue weighted by atomic mass is 10.4. The van der Waals surface area contributed by atoms with E-state index in [4.69, 9.17) is 15.4 Å². The third-order valence-corrected chi connectivity index (χ3v) is 1.86. The molecule has 0 saturated heterocycles. The van der Waals surface area contributed by atoms with E-state index < -0.39 is 17.3 Å². The van der Waals surface area contributed by atoms with Crippen molar-refractivity contribution in [1.29, 1.82) is 0 Å². The number of hydrogen-bond donors (Lipinski definition) is 2. The standard InChI is InChI=1S/C8H11N5O4/c9-12-11-6(3-14)4-17-5-13-2-1-7(15)10-8(13)16/h1-2,6,14H,3-5H2,(H,10,15,16). The lowest BCUT2D eigenvalue weighted by molar-refractivity contribution is 0.0522. The van der Waals surface area contributed by atoms with Gasteiger partial charge in [-0.15, -0.1) is 0 Å². The lowest BCUT2D eigenvalue weighted by Gasteiger charge is -2.09. The molecule has 9 heteroatoms. The summed E-state index contributed by atoms with van der Waals surface area (Å²) in [6.45, 7) is -0.468. The van der Waals surface area contributed by atoms with Crippen molar-refractivity contribution in [2.24, 2.45) is 5.11 Å². The molecule has 0 aliphatic heterocycles. The molecule has 0 aliphatic rings. The molecule has 1 aromatic rings. The number of aromatic nitrogens is 2. The lowest BCUT2D eigenvalue weighted by Crippen LogP contribution is -2.30. The van der Waals surface area contributed by atoms with Gasteiger partial charge in [0.2, 0.25) is 0 Å². The van der Waals surface area contributed by atoms with Gasteiger partial charge in [-0.1, -0.05) is 5.11 Å². The van der Waals surface area contributed by atoms with Crippen LogP contribution in [0.1, 0.15) is 0 Å². The minimum Gasteiger partial charge on any atom is -0.396 e. The molecule has 1 heterocycles. The summed E-state index contributed by atoms with van der Waals surface area (Å²) in [5.41, 5.74) is 7.07. The molecule has 17 heavy (non-hydrogen) atoms. The van der Waals surface area contributed by atoms with Crippen molar-refractivity contribution in [3.63, 3.8) is 0 Å². The highest BCUT2D eigenvalue weighted by atomic mass is 16.5. The normalized spacial score (nSPS) is 11.8. The number of aromatic amines is 1. The molecule has 0 aliphatic carbocycles. The van der Waals surface area contributed by atoms with Gasteiger partial charge in [0.05, 0.1) is 19.3 Å². The Morgan fingerprint density at radius 2 is 2.41 bits per heavy atom. The second-order valence-electron chi connectivity index (χ2n) is 3.12. The van der Waals surface area contributed by atoms with Gasteiger partial charge in [0.25, 0.3) is 5.56 Å². The molecule has 0 spiro atoms. The van der Waals surface area contributed by atoms with Crippen molar-refractivity contribution in [1.82, 2.24) is 9.55 Å². The molecule has 2 N–H and O–H groups in total. The first-order chi connectivity index (χ1) is 8.17. The number of aliphatic hydroxyl groups is 1. The number of aliphatic hydroxyl groups excluding tert-OH is 1. The summed E-state index contributed by atoms with van der Waals surface area (Å²) < 4.78 is 6.19. The van der Waals surface area contributed by atoms with Crippen LogP contribution in [0.2, 0.25) is 0 Å². The highest BCUT2D eigenvalue weighted by Crippen LogP contribution is 1.93. The predicted octanol–water partition coefficient (Wildman–Crippen LogP) is -0.818. The Morgan fingerprint density at radius 3 is 3.00 bits per heavy atom. The summed E-state index contributed by atoms with van der Waals surface area (Å²) in [6.07, 6.45) is 1.28. The second kappa shape index (κ2) is 6.48. The minimum atomic E-state index is -0.696. The van der Waals surface area contributed by atoms with Crippen LogP contribution in [0.15, 0.2) is 27.0 Å². The van der Waals surface area contributed by atoms with Crippen LogP contribution in [0.5, 0.6) is 0 Å². The Hall–Kier alpha value is -2.09. The molecule has 0 saturated carbocycles. The third-order valence-electron chi connectivity index (χ3n) is 1.86. The first kappa shape index (κ1) is 13.0. The number of azide groups is 1. The van der Waals surface area contributed by atoms with E-state index in [1.807, 2.05) is 0 Å². The van der Waals surface area contributed by atoms with E-state index in [0.717, 1.165) is 4.57 Å². The van der Waals surface area contributed by atoms with Crippen molar-refractivity contribution < 1.29 is 9.84 Å². The summed E-state index contributed by atoms with van der Waals surface area (Å²) >= 11 is 0. The zero-order chi connectivity index (χ0) is 12.7. The van der Waals surface area contributed by atoms with Gasteiger partial charge in [0.1, 0.15) is 6.73 Å². The Labute approximate surface area is 94.9 Å². The van der Waals surface area contributed by atoms with Crippen LogP contribution < -0.4 is 11.2 Å². The fourth-order valence-corrected chi connectivity index (χ4v) is 1.03. The average molecular weight is 241 g/mol. The summed E-state index contributed by atoms with van der Waals surface area (Å²) in [5, 5.41) is 12.1. The molecule has 0 aromatic carbocycles. The van der Waals surface area contributed by atoms with Crippen LogP contribution in [-0.2, 0) is 11.5 Å². The maximum absolute atomic E-state index is 11.2. The summed E-state index contributed by atoms with van der Waals surface area (Å²) in [6, 6.07) is 0.486. The van der Waals surface area contributed by atoms with Gasteiger partial charge in [0.15, 0.2) is 0 Å². The average Bonchev–Trinajstić information content (AvgIpc) is 2.30. The summed E-state index contributed by atoms with van der Waals surface area (Å²) in [5.74, 6) is 0. The van der Waals surface area contributed by atoms with Gasteiger partial charge in [-0.3, -0.25) is 14.3 Å². The van der Waals surface area contributed by atoms with Crippen LogP contribution >= 0.6 is 0 Å². The first-order valence-electron chi connectivity index (χ1n) is 4.70. The van der Waals surface area contributed by atoms with Crippen molar-refractivity contribution in [3.8, 4) is 0 Å². The molecular weight excluding hydrogens is 230 g/mol. The Kier molecular flexibility index (Phi) is 4.95. The van der Waals surface area contributed by atoms with E-state index in [1.54, 1.807) is 0 Å². The minimum absolute atomic E-state index is 0.0217. The molecule has 1 aromatic heterocycles. The van der Waals surface area contributed by atoms with Gasteiger partial charge < -0.3 is 9.84 Å². The van der Waals surface area contributed by atoms with Crippen LogP contribution in [0.25, 0.3) is 10.4 Å². The van der Waals surface area contributed by atoms with Crippen molar-refractivity contribution in [2.75, 3.05) is 13.2 Å². The molecule has 9 nitrogen and oxygen atoms in total. The largest absolute Gasteiger partial charge is 0.396 e. The number of rotatable bonds is 6. The van der Waals surface area contributed by atoms with E-state index in [1.165, 1.54) is 12.3 Å². The van der Waals surface area contributed by atoms with Gasteiger partial charge in [-0.2, -0.15) is 0 Å². The van der Waals surface area contributed by atoms with Crippen LogP contribution in [0, 0.1) is 0 Å². The Balaban J connectivity index is 2.53. The van der Waals surface area contributed by atoms with Crippen molar-refractivity contribution >= 4 is 0 Å². The molecule has 1 atom stereocenters. The van der Waals surface area contributed by atoms with Crippen LogP contribution in [0.3, 0.4) is 0 Å². The van der Waals surface area contributed by atoms with Gasteiger partial charge in [0, 0.05) is 17.2 Å². The third kappa shape index (κ3) is 4.11. The number of ether oxygens (including phenoxy) is 1. The Morgan fingerprint density at radius 1 is 1.65 bits per heavy atom. The summed E-state index contributed by atoms with van der Waals surface area (Å²) in [7, 11) is 0. The molecule has 0 fully saturated rings. The quantitative estimate of drug-likeness (QED) is 0.382. The van der Waals surface area contributed by atoms with E-state index in [-0.39, 0.29) is 19.9 Å². The molecule has 92 valence electrons. The maximum Gasteiger partial charge on any atom is 0.330 e. The number of H-pyrrole nitrogens is 1. The van der Waals surface area contributed by atoms with Crippen LogP contribution in [-0.4, -0.2) is 33.9 Å². The monoisotopic (exact) mass is 241 g/mol. The van der Waals surface area contributed by atoms with Crippen LogP contribution in [0.4, 0.5) is 0 Å².